The highest BCUT2D eigenvalue weighted by atomic mass is 32.2. The predicted octanol–water partition coefficient (Wildman–Crippen LogP) is 0.954. The smallest absolute Gasteiger partial charge is 0.232 e. The van der Waals surface area contributed by atoms with Crippen molar-refractivity contribution in [1.82, 2.24) is 4.22 Å². The van der Waals surface area contributed by atoms with E-state index in [2.05, 4.69) is 6.58 Å². The molecule has 1 unspecified atom stereocenters. The second kappa shape index (κ2) is 2.99. The third kappa shape index (κ3) is 1.36. The average molecular weight is 197 g/mol. The summed E-state index contributed by atoms with van der Waals surface area (Å²) in [6.45, 7) is 8.92. The van der Waals surface area contributed by atoms with Crippen LogP contribution in [0.4, 0.5) is 0 Å². The molecule has 1 aliphatic rings. The van der Waals surface area contributed by atoms with Gasteiger partial charge in [-0.3, -0.25) is 0 Å². The SMILES string of the molecule is [B]N1C(C)C(=C)C(=C(C)C)S1(=O)=O. The van der Waals surface area contributed by atoms with Crippen molar-refractivity contribution in [3.63, 3.8) is 0 Å². The monoisotopic (exact) mass is 197 g/mol. The maximum atomic E-state index is 11.6. The van der Waals surface area contributed by atoms with Crippen molar-refractivity contribution in [1.29, 1.82) is 0 Å². The zero-order valence-electron chi connectivity index (χ0n) is 8.03. The number of allylic oxidation sites excluding steroid dienone is 1. The summed E-state index contributed by atoms with van der Waals surface area (Å²) in [7, 11) is 1.95. The molecule has 0 saturated carbocycles. The van der Waals surface area contributed by atoms with Crippen molar-refractivity contribution in [2.75, 3.05) is 0 Å². The normalized spacial score (nSPS) is 28.1. The summed E-state index contributed by atoms with van der Waals surface area (Å²) < 4.78 is 24.1. The third-order valence-electron chi connectivity index (χ3n) is 2.17. The summed E-state index contributed by atoms with van der Waals surface area (Å²) in [5.41, 5.74) is 1.30. The first-order chi connectivity index (χ1) is 5.80. The quantitative estimate of drug-likeness (QED) is 0.542. The van der Waals surface area contributed by atoms with E-state index < -0.39 is 10.0 Å². The molecule has 0 aromatic carbocycles. The van der Waals surface area contributed by atoms with E-state index in [0.717, 1.165) is 9.79 Å². The largest absolute Gasteiger partial charge is 0.245 e. The van der Waals surface area contributed by atoms with Crippen LogP contribution in [-0.4, -0.2) is 26.7 Å². The molecule has 1 rings (SSSR count). The Hall–Kier alpha value is -0.545. The van der Waals surface area contributed by atoms with Crippen LogP contribution in [0.5, 0.6) is 0 Å². The fourth-order valence-electron chi connectivity index (χ4n) is 1.40. The Morgan fingerprint density at radius 1 is 1.54 bits per heavy atom. The maximum Gasteiger partial charge on any atom is 0.232 e. The van der Waals surface area contributed by atoms with E-state index in [-0.39, 0.29) is 10.9 Å². The second-order valence-corrected chi connectivity index (χ2v) is 5.15. The van der Waals surface area contributed by atoms with Gasteiger partial charge in [0.25, 0.3) is 0 Å². The molecule has 0 aliphatic carbocycles. The van der Waals surface area contributed by atoms with Gasteiger partial charge in [0.15, 0.2) is 0 Å². The Morgan fingerprint density at radius 2 is 2.00 bits per heavy atom. The zero-order valence-corrected chi connectivity index (χ0v) is 8.85. The van der Waals surface area contributed by atoms with E-state index in [1.807, 2.05) is 0 Å². The van der Waals surface area contributed by atoms with Gasteiger partial charge in [0.05, 0.1) is 4.91 Å². The highest BCUT2D eigenvalue weighted by molar-refractivity contribution is 7.94. The number of hydrogen-bond acceptors (Lipinski definition) is 2. The molecule has 0 bridgehead atoms. The van der Waals surface area contributed by atoms with Crippen molar-refractivity contribution >= 4 is 18.0 Å². The molecular formula is C8H12BNO2S. The Labute approximate surface area is 80.6 Å². The summed E-state index contributed by atoms with van der Waals surface area (Å²) in [6.07, 6.45) is 0. The first-order valence-corrected chi connectivity index (χ1v) is 5.40. The predicted molar refractivity (Wildman–Crippen MR) is 53.5 cm³/mol. The molecule has 3 nitrogen and oxygen atoms in total. The second-order valence-electron chi connectivity index (χ2n) is 3.37. The minimum atomic E-state index is -3.47. The lowest BCUT2D eigenvalue weighted by molar-refractivity contribution is 0.534. The Balaban J connectivity index is 3.45. The molecular weight excluding hydrogens is 185 g/mol. The summed E-state index contributed by atoms with van der Waals surface area (Å²) in [4.78, 5) is 0.280. The molecule has 2 radical (unpaired) electrons. The molecule has 1 aliphatic heterocycles. The van der Waals surface area contributed by atoms with Crippen LogP contribution in [0, 0.1) is 0 Å². The van der Waals surface area contributed by atoms with Gasteiger partial charge in [-0.25, -0.2) is 12.6 Å². The van der Waals surface area contributed by atoms with Crippen LogP contribution in [-0.2, 0) is 10.0 Å². The van der Waals surface area contributed by atoms with Crippen LogP contribution >= 0.6 is 0 Å². The molecule has 0 aromatic rings. The lowest BCUT2D eigenvalue weighted by Gasteiger charge is -2.12. The first kappa shape index (κ1) is 10.5. The van der Waals surface area contributed by atoms with Crippen LogP contribution in [0.25, 0.3) is 0 Å². The molecule has 1 saturated heterocycles. The standard InChI is InChI=1S/C8H12BNO2S/c1-5(2)8-6(3)7(4)10(9)13(8,11)12/h7H,3H2,1-2,4H3. The van der Waals surface area contributed by atoms with E-state index in [1.165, 1.54) is 0 Å². The Bertz CT molecular complexity index is 379. The molecule has 5 heteroatoms. The molecule has 1 fully saturated rings. The summed E-state index contributed by atoms with van der Waals surface area (Å²) >= 11 is 0. The lowest BCUT2D eigenvalue weighted by atomic mass is 10.1. The van der Waals surface area contributed by atoms with Gasteiger partial charge in [-0.15, -0.1) is 0 Å². The molecule has 0 aromatic heterocycles. The molecule has 13 heavy (non-hydrogen) atoms. The highest BCUT2D eigenvalue weighted by Crippen LogP contribution is 2.35. The minimum Gasteiger partial charge on any atom is -0.245 e. The third-order valence-corrected chi connectivity index (χ3v) is 4.22. The van der Waals surface area contributed by atoms with Gasteiger partial charge in [-0.2, -0.15) is 0 Å². The molecule has 0 N–H and O–H groups in total. The summed E-state index contributed by atoms with van der Waals surface area (Å²) in [6, 6.07) is -0.338. The topological polar surface area (TPSA) is 37.4 Å². The number of hydrogen-bond donors (Lipinski definition) is 0. The molecule has 0 amide bonds. The highest BCUT2D eigenvalue weighted by Gasteiger charge is 2.39. The van der Waals surface area contributed by atoms with Gasteiger partial charge in [0.1, 0.15) is 0 Å². The van der Waals surface area contributed by atoms with E-state index in [1.54, 1.807) is 20.8 Å². The fourth-order valence-corrected chi connectivity index (χ4v) is 3.17. The lowest BCUT2D eigenvalue weighted by Crippen LogP contribution is -2.28. The Morgan fingerprint density at radius 3 is 2.15 bits per heavy atom. The zero-order chi connectivity index (χ0) is 10.4. The number of rotatable bonds is 0. The minimum absolute atomic E-state index is 0.280. The summed E-state index contributed by atoms with van der Waals surface area (Å²) in [5.74, 6) is 0. The van der Waals surface area contributed by atoms with Crippen LogP contribution < -0.4 is 0 Å². The van der Waals surface area contributed by atoms with E-state index >= 15 is 0 Å². The molecule has 0 spiro atoms. The average Bonchev–Trinajstić information content (AvgIpc) is 2.12. The van der Waals surface area contributed by atoms with Gasteiger partial charge in [0, 0.05) is 6.04 Å². The fraction of sp³-hybridized carbons (Fsp3) is 0.500. The number of sulfonamides is 1. The van der Waals surface area contributed by atoms with E-state index in [4.69, 9.17) is 7.98 Å². The summed E-state index contributed by atoms with van der Waals surface area (Å²) in [5, 5.41) is 0. The van der Waals surface area contributed by atoms with E-state index in [9.17, 15) is 8.42 Å². The van der Waals surface area contributed by atoms with Crippen molar-refractivity contribution in [3.05, 3.63) is 22.6 Å². The first-order valence-electron chi connectivity index (χ1n) is 3.96. The van der Waals surface area contributed by atoms with Crippen molar-refractivity contribution in [2.24, 2.45) is 0 Å². The van der Waals surface area contributed by atoms with Crippen LogP contribution in [0.3, 0.4) is 0 Å². The maximum absolute atomic E-state index is 11.6. The molecule has 1 heterocycles. The van der Waals surface area contributed by atoms with Crippen molar-refractivity contribution in [2.45, 2.75) is 26.8 Å². The van der Waals surface area contributed by atoms with Crippen LogP contribution in [0.2, 0.25) is 0 Å². The molecule has 1 atom stereocenters. The van der Waals surface area contributed by atoms with E-state index in [0.29, 0.717) is 5.57 Å². The van der Waals surface area contributed by atoms with Crippen molar-refractivity contribution in [3.8, 4) is 0 Å². The van der Waals surface area contributed by atoms with Gasteiger partial charge in [0.2, 0.25) is 18.0 Å². The van der Waals surface area contributed by atoms with Gasteiger partial charge < -0.3 is 0 Å². The number of nitrogens with zero attached hydrogens (tertiary/aromatic N) is 1. The Kier molecular flexibility index (Phi) is 2.43. The van der Waals surface area contributed by atoms with Crippen LogP contribution in [0.15, 0.2) is 22.6 Å². The van der Waals surface area contributed by atoms with Gasteiger partial charge in [-0.05, 0) is 26.3 Å². The van der Waals surface area contributed by atoms with Crippen molar-refractivity contribution < 1.29 is 8.42 Å². The van der Waals surface area contributed by atoms with Gasteiger partial charge in [-0.1, -0.05) is 12.2 Å². The van der Waals surface area contributed by atoms with Gasteiger partial charge >= 0.3 is 0 Å². The molecule has 70 valence electrons. The van der Waals surface area contributed by atoms with Crippen LogP contribution in [0.1, 0.15) is 20.8 Å².